The number of benzene rings is 2. The summed E-state index contributed by atoms with van der Waals surface area (Å²) in [5.74, 6) is -0.223. The van der Waals surface area contributed by atoms with Gasteiger partial charge in [0.15, 0.2) is 0 Å². The van der Waals surface area contributed by atoms with Gasteiger partial charge in [0.05, 0.1) is 12.7 Å². The molecule has 94 valence electrons. The van der Waals surface area contributed by atoms with E-state index in [4.69, 9.17) is 0 Å². The monoisotopic (exact) mass is 253 g/mol. The molecule has 0 spiro atoms. The van der Waals surface area contributed by atoms with Gasteiger partial charge in [-0.3, -0.25) is 0 Å². The molecule has 19 heavy (non-hydrogen) atoms. The van der Waals surface area contributed by atoms with Gasteiger partial charge < -0.3 is 0 Å². The first-order valence-electron chi connectivity index (χ1n) is 6.02. The van der Waals surface area contributed by atoms with E-state index in [-0.39, 0.29) is 5.82 Å². The molecule has 0 aliphatic carbocycles. The largest absolute Gasteiger partial charge is 0.247 e. The SMILES string of the molecule is Fc1ccccc1Cn1cc(-c2ccccc2)nn1. The summed E-state index contributed by atoms with van der Waals surface area (Å²) in [6.45, 7) is 0.381. The Hall–Kier alpha value is -2.49. The van der Waals surface area contributed by atoms with E-state index in [1.807, 2.05) is 42.6 Å². The molecule has 3 rings (SSSR count). The number of halogens is 1. The van der Waals surface area contributed by atoms with E-state index >= 15 is 0 Å². The van der Waals surface area contributed by atoms with Crippen molar-refractivity contribution in [3.8, 4) is 11.3 Å². The molecule has 0 bridgehead atoms. The maximum atomic E-state index is 13.5. The van der Waals surface area contributed by atoms with Crippen LogP contribution in [-0.4, -0.2) is 15.0 Å². The fraction of sp³-hybridized carbons (Fsp3) is 0.0667. The number of nitrogens with zero attached hydrogens (tertiary/aromatic N) is 3. The van der Waals surface area contributed by atoms with Crippen LogP contribution in [0, 0.1) is 5.82 Å². The number of hydrogen-bond donors (Lipinski definition) is 0. The average Bonchev–Trinajstić information content (AvgIpc) is 2.91. The average molecular weight is 253 g/mol. The van der Waals surface area contributed by atoms with E-state index in [0.717, 1.165) is 11.3 Å². The van der Waals surface area contributed by atoms with Crippen molar-refractivity contribution in [2.24, 2.45) is 0 Å². The van der Waals surface area contributed by atoms with Crippen molar-refractivity contribution in [3.05, 3.63) is 72.2 Å². The second-order valence-electron chi connectivity index (χ2n) is 4.26. The van der Waals surface area contributed by atoms with Crippen LogP contribution in [0.3, 0.4) is 0 Å². The Morgan fingerprint density at radius 1 is 0.947 bits per heavy atom. The summed E-state index contributed by atoms with van der Waals surface area (Å²) in [5, 5.41) is 8.13. The predicted molar refractivity (Wildman–Crippen MR) is 71.0 cm³/mol. The van der Waals surface area contributed by atoms with Gasteiger partial charge in [0, 0.05) is 11.1 Å². The van der Waals surface area contributed by atoms with Crippen molar-refractivity contribution in [2.75, 3.05) is 0 Å². The van der Waals surface area contributed by atoms with Gasteiger partial charge in [-0.15, -0.1) is 5.10 Å². The third kappa shape index (κ3) is 2.52. The molecule has 0 N–H and O–H groups in total. The topological polar surface area (TPSA) is 30.7 Å². The lowest BCUT2D eigenvalue weighted by atomic mass is 10.2. The molecule has 0 aliphatic heterocycles. The second-order valence-corrected chi connectivity index (χ2v) is 4.26. The molecule has 2 aromatic carbocycles. The summed E-state index contributed by atoms with van der Waals surface area (Å²) in [6, 6.07) is 16.5. The molecular weight excluding hydrogens is 241 g/mol. The molecule has 3 nitrogen and oxygen atoms in total. The maximum absolute atomic E-state index is 13.5. The summed E-state index contributed by atoms with van der Waals surface area (Å²) < 4.78 is 15.2. The van der Waals surface area contributed by atoms with Gasteiger partial charge in [0.1, 0.15) is 11.5 Å². The van der Waals surface area contributed by atoms with Crippen LogP contribution < -0.4 is 0 Å². The maximum Gasteiger partial charge on any atom is 0.128 e. The summed E-state index contributed by atoms with van der Waals surface area (Å²) in [5.41, 5.74) is 2.39. The number of hydrogen-bond acceptors (Lipinski definition) is 2. The van der Waals surface area contributed by atoms with E-state index in [0.29, 0.717) is 12.1 Å². The molecule has 4 heteroatoms. The Morgan fingerprint density at radius 2 is 1.68 bits per heavy atom. The second kappa shape index (κ2) is 5.02. The van der Waals surface area contributed by atoms with Crippen LogP contribution in [0.2, 0.25) is 0 Å². The summed E-state index contributed by atoms with van der Waals surface area (Å²) in [6.07, 6.45) is 1.82. The third-order valence-corrected chi connectivity index (χ3v) is 2.90. The van der Waals surface area contributed by atoms with Gasteiger partial charge in [-0.25, -0.2) is 9.07 Å². The van der Waals surface area contributed by atoms with Crippen LogP contribution in [0.5, 0.6) is 0 Å². The minimum Gasteiger partial charge on any atom is -0.247 e. The Balaban J connectivity index is 1.85. The van der Waals surface area contributed by atoms with Crippen LogP contribution in [0.1, 0.15) is 5.56 Å². The van der Waals surface area contributed by atoms with E-state index in [1.165, 1.54) is 6.07 Å². The van der Waals surface area contributed by atoms with Crippen molar-refractivity contribution in [2.45, 2.75) is 6.54 Å². The lowest BCUT2D eigenvalue weighted by molar-refractivity contribution is 0.577. The van der Waals surface area contributed by atoms with Gasteiger partial charge in [-0.1, -0.05) is 53.7 Å². The first-order valence-corrected chi connectivity index (χ1v) is 6.02. The lowest BCUT2D eigenvalue weighted by Crippen LogP contribution is -2.02. The highest BCUT2D eigenvalue weighted by Gasteiger charge is 2.06. The summed E-state index contributed by atoms with van der Waals surface area (Å²) >= 11 is 0. The third-order valence-electron chi connectivity index (χ3n) is 2.90. The highest BCUT2D eigenvalue weighted by Crippen LogP contribution is 2.16. The molecule has 0 fully saturated rings. The van der Waals surface area contributed by atoms with Crippen LogP contribution in [0.15, 0.2) is 60.8 Å². The van der Waals surface area contributed by atoms with Crippen LogP contribution in [0.4, 0.5) is 4.39 Å². The van der Waals surface area contributed by atoms with Crippen LogP contribution in [0.25, 0.3) is 11.3 Å². The number of aromatic nitrogens is 3. The van der Waals surface area contributed by atoms with E-state index in [1.54, 1.807) is 16.8 Å². The smallest absolute Gasteiger partial charge is 0.128 e. The molecule has 0 amide bonds. The van der Waals surface area contributed by atoms with Crippen LogP contribution >= 0.6 is 0 Å². The normalized spacial score (nSPS) is 10.6. The Bertz CT molecular complexity index is 677. The minimum atomic E-state index is -0.223. The fourth-order valence-electron chi connectivity index (χ4n) is 1.92. The molecular formula is C15H12FN3. The van der Waals surface area contributed by atoms with Crippen molar-refractivity contribution in [1.82, 2.24) is 15.0 Å². The molecule has 0 aliphatic rings. The molecule has 1 aromatic heterocycles. The van der Waals surface area contributed by atoms with E-state index in [9.17, 15) is 4.39 Å². The molecule has 0 atom stereocenters. The van der Waals surface area contributed by atoms with Gasteiger partial charge in [-0.05, 0) is 6.07 Å². The van der Waals surface area contributed by atoms with Gasteiger partial charge in [-0.2, -0.15) is 0 Å². The highest BCUT2D eigenvalue weighted by atomic mass is 19.1. The van der Waals surface area contributed by atoms with Crippen molar-refractivity contribution >= 4 is 0 Å². The standard InChI is InChI=1S/C15H12FN3/c16-14-9-5-4-8-13(14)10-19-11-15(17-18-19)12-6-2-1-3-7-12/h1-9,11H,10H2. The Labute approximate surface area is 110 Å². The molecule has 0 radical (unpaired) electrons. The molecule has 0 saturated heterocycles. The van der Waals surface area contributed by atoms with Gasteiger partial charge in [0.2, 0.25) is 0 Å². The predicted octanol–water partition coefficient (Wildman–Crippen LogP) is 3.13. The minimum absolute atomic E-state index is 0.223. The first-order chi connectivity index (χ1) is 9.33. The van der Waals surface area contributed by atoms with Crippen molar-refractivity contribution in [1.29, 1.82) is 0 Å². The van der Waals surface area contributed by atoms with Crippen LogP contribution in [-0.2, 0) is 6.54 Å². The van der Waals surface area contributed by atoms with Gasteiger partial charge >= 0.3 is 0 Å². The zero-order chi connectivity index (χ0) is 13.1. The molecule has 0 saturated carbocycles. The van der Waals surface area contributed by atoms with Gasteiger partial charge in [0.25, 0.3) is 0 Å². The van der Waals surface area contributed by atoms with Crippen molar-refractivity contribution in [3.63, 3.8) is 0 Å². The molecule has 0 unspecified atom stereocenters. The molecule has 3 aromatic rings. The summed E-state index contributed by atoms with van der Waals surface area (Å²) in [4.78, 5) is 0. The Kier molecular flexibility index (Phi) is 3.06. The van der Waals surface area contributed by atoms with Crippen molar-refractivity contribution < 1.29 is 4.39 Å². The zero-order valence-corrected chi connectivity index (χ0v) is 10.2. The van der Waals surface area contributed by atoms with E-state index < -0.39 is 0 Å². The Morgan fingerprint density at radius 3 is 2.47 bits per heavy atom. The highest BCUT2D eigenvalue weighted by molar-refractivity contribution is 5.57. The molecule has 1 heterocycles. The van der Waals surface area contributed by atoms with E-state index in [2.05, 4.69) is 10.3 Å². The summed E-state index contributed by atoms with van der Waals surface area (Å²) in [7, 11) is 0. The number of rotatable bonds is 3. The fourth-order valence-corrected chi connectivity index (χ4v) is 1.92. The lowest BCUT2D eigenvalue weighted by Gasteiger charge is -2.01. The zero-order valence-electron chi connectivity index (χ0n) is 10.2. The first kappa shape index (κ1) is 11.6. The quantitative estimate of drug-likeness (QED) is 0.718.